The summed E-state index contributed by atoms with van der Waals surface area (Å²) in [5.41, 5.74) is 8.18. The Morgan fingerprint density at radius 1 is 1.11 bits per heavy atom. The second-order valence-electron chi connectivity index (χ2n) is 7.63. The van der Waals surface area contributed by atoms with Gasteiger partial charge in [-0.3, -0.25) is 0 Å². The van der Waals surface area contributed by atoms with Gasteiger partial charge in [0.1, 0.15) is 11.9 Å². The van der Waals surface area contributed by atoms with Gasteiger partial charge in [0, 0.05) is 17.5 Å². The average molecular weight is 376 g/mol. The summed E-state index contributed by atoms with van der Waals surface area (Å²) >= 11 is 0. The number of ether oxygens (including phenoxy) is 1. The predicted molar refractivity (Wildman–Crippen MR) is 93.5 cm³/mol. The fourth-order valence-electron chi connectivity index (χ4n) is 3.83. The molecule has 5 nitrogen and oxygen atoms in total. The lowest BCUT2D eigenvalue weighted by atomic mass is 9.88. The maximum atomic E-state index is 14.3. The number of hydrogen-bond donors (Lipinski definition) is 1. The van der Waals surface area contributed by atoms with E-state index in [1.165, 1.54) is 0 Å². The Morgan fingerprint density at radius 3 is 2.41 bits per heavy atom. The van der Waals surface area contributed by atoms with Gasteiger partial charge in [0.25, 0.3) is 5.92 Å². The van der Waals surface area contributed by atoms with Crippen LogP contribution >= 0.6 is 0 Å². The normalized spacial score (nSPS) is 22.9. The van der Waals surface area contributed by atoms with E-state index in [0.29, 0.717) is 24.5 Å². The van der Waals surface area contributed by atoms with Crippen molar-refractivity contribution in [3.8, 4) is 11.3 Å². The number of nitrogens with zero attached hydrogens (tertiary/aromatic N) is 3. The molecule has 0 amide bonds. The number of anilines is 1. The highest BCUT2D eigenvalue weighted by Crippen LogP contribution is 2.44. The first-order chi connectivity index (χ1) is 12.9. The minimum absolute atomic E-state index is 0.137. The molecule has 2 fully saturated rings. The van der Waals surface area contributed by atoms with E-state index in [1.54, 1.807) is 4.90 Å². The number of aromatic nitrogens is 2. The molecule has 2 N–H and O–H groups in total. The fourth-order valence-corrected chi connectivity index (χ4v) is 3.83. The van der Waals surface area contributed by atoms with Crippen molar-refractivity contribution in [1.29, 1.82) is 0 Å². The highest BCUT2D eigenvalue weighted by atomic mass is 19.3. The third kappa shape index (κ3) is 2.62. The lowest BCUT2D eigenvalue weighted by Crippen LogP contribution is -2.54. The summed E-state index contributed by atoms with van der Waals surface area (Å²) in [5, 5.41) is 0. The van der Waals surface area contributed by atoms with E-state index in [2.05, 4.69) is 9.97 Å². The molecule has 2 aromatic rings. The molecule has 0 bridgehead atoms. The number of hydrogen-bond acceptors (Lipinski definition) is 5. The predicted octanol–water partition coefficient (Wildman–Crippen LogP) is 2.52. The summed E-state index contributed by atoms with van der Waals surface area (Å²) < 4.78 is 47.1. The van der Waals surface area contributed by atoms with Crippen molar-refractivity contribution >= 4 is 5.95 Å². The fraction of sp³-hybridized carbons (Fsp3) is 0.474. The molecule has 0 saturated carbocycles. The van der Waals surface area contributed by atoms with Gasteiger partial charge < -0.3 is 15.4 Å². The van der Waals surface area contributed by atoms with Crippen molar-refractivity contribution in [3.63, 3.8) is 0 Å². The molecule has 142 valence electrons. The van der Waals surface area contributed by atoms with Crippen LogP contribution in [0.2, 0.25) is 0 Å². The number of rotatable bonds is 3. The molecule has 0 spiro atoms. The van der Waals surface area contributed by atoms with Gasteiger partial charge in [-0.25, -0.2) is 14.4 Å². The van der Waals surface area contributed by atoms with Gasteiger partial charge in [0.05, 0.1) is 37.5 Å². The Balaban J connectivity index is 1.57. The maximum Gasteiger partial charge on any atom is 0.290 e. The van der Waals surface area contributed by atoms with Gasteiger partial charge in [0.2, 0.25) is 5.95 Å². The molecule has 1 aromatic heterocycles. The third-order valence-electron chi connectivity index (χ3n) is 5.60. The Hall–Kier alpha value is -2.19. The second-order valence-corrected chi connectivity index (χ2v) is 7.63. The first kappa shape index (κ1) is 16.9. The zero-order chi connectivity index (χ0) is 18.8. The number of halogens is 3. The van der Waals surface area contributed by atoms with E-state index >= 15 is 0 Å². The molecule has 1 aromatic carbocycles. The Kier molecular flexibility index (Phi) is 3.55. The van der Waals surface area contributed by atoms with Gasteiger partial charge in [-0.1, -0.05) is 24.3 Å². The molecule has 3 heterocycles. The molecule has 3 aliphatic rings. The van der Waals surface area contributed by atoms with Crippen LogP contribution in [0.3, 0.4) is 0 Å². The molecule has 0 unspecified atom stereocenters. The van der Waals surface area contributed by atoms with Gasteiger partial charge in [-0.2, -0.15) is 8.78 Å². The molecule has 1 aliphatic carbocycles. The van der Waals surface area contributed by atoms with Crippen LogP contribution in [0.15, 0.2) is 24.3 Å². The summed E-state index contributed by atoms with van der Waals surface area (Å²) in [6.45, 7) is 1.20. The minimum Gasteiger partial charge on any atom is -0.377 e. The number of benzene rings is 1. The molecule has 5 rings (SSSR count). The molecular weight excluding hydrogens is 357 g/mol. The monoisotopic (exact) mass is 376 g/mol. The van der Waals surface area contributed by atoms with Crippen LogP contribution in [0.1, 0.15) is 23.2 Å². The van der Waals surface area contributed by atoms with E-state index in [9.17, 15) is 13.2 Å². The van der Waals surface area contributed by atoms with Crippen LogP contribution < -0.4 is 10.6 Å². The highest BCUT2D eigenvalue weighted by molar-refractivity contribution is 5.67. The summed E-state index contributed by atoms with van der Waals surface area (Å²) in [5.74, 6) is -2.81. The van der Waals surface area contributed by atoms with Crippen LogP contribution in [0, 0.1) is 0 Å². The van der Waals surface area contributed by atoms with E-state index in [4.69, 9.17) is 10.5 Å². The first-order valence-corrected chi connectivity index (χ1v) is 9.01. The molecule has 2 saturated heterocycles. The van der Waals surface area contributed by atoms with Crippen molar-refractivity contribution < 1.29 is 17.9 Å². The Labute approximate surface area is 154 Å². The topological polar surface area (TPSA) is 64.3 Å². The standard InChI is InChI=1S/C19H19F3N4O/c20-13-7-26(8-13)17-24-15(14-5-6-19(21,22)16(14)25-17)11-1-3-12(4-2-11)18(23)9-27-10-18/h1-4,13H,5-10,23H2. The maximum absolute atomic E-state index is 14.3. The van der Waals surface area contributed by atoms with Gasteiger partial charge in [-0.05, 0) is 12.0 Å². The molecule has 27 heavy (non-hydrogen) atoms. The zero-order valence-electron chi connectivity index (χ0n) is 14.6. The summed E-state index contributed by atoms with van der Waals surface area (Å²) in [7, 11) is 0. The van der Waals surface area contributed by atoms with E-state index in [-0.39, 0.29) is 37.6 Å². The quantitative estimate of drug-likeness (QED) is 0.892. The average Bonchev–Trinajstić information content (AvgIpc) is 2.91. The van der Waals surface area contributed by atoms with Gasteiger partial charge >= 0.3 is 0 Å². The third-order valence-corrected chi connectivity index (χ3v) is 5.60. The van der Waals surface area contributed by atoms with Gasteiger partial charge in [0.15, 0.2) is 0 Å². The van der Waals surface area contributed by atoms with Crippen LogP contribution in [0.4, 0.5) is 19.1 Å². The smallest absolute Gasteiger partial charge is 0.290 e. The van der Waals surface area contributed by atoms with Crippen LogP contribution in [0.25, 0.3) is 11.3 Å². The van der Waals surface area contributed by atoms with Crippen molar-refractivity contribution in [2.75, 3.05) is 31.2 Å². The molecule has 0 radical (unpaired) electrons. The van der Waals surface area contributed by atoms with E-state index < -0.39 is 17.6 Å². The lowest BCUT2D eigenvalue weighted by Gasteiger charge is -2.38. The number of fused-ring (bicyclic) bond motifs is 1. The summed E-state index contributed by atoms with van der Waals surface area (Å²) in [6.07, 6.45) is -1.02. The summed E-state index contributed by atoms with van der Waals surface area (Å²) in [4.78, 5) is 10.2. The van der Waals surface area contributed by atoms with Crippen LogP contribution in [-0.2, 0) is 22.6 Å². The van der Waals surface area contributed by atoms with Crippen molar-refractivity contribution in [1.82, 2.24) is 9.97 Å². The second kappa shape index (κ2) is 5.65. The van der Waals surface area contributed by atoms with Crippen LogP contribution in [0.5, 0.6) is 0 Å². The number of nitrogens with two attached hydrogens (primary N) is 1. The summed E-state index contributed by atoms with van der Waals surface area (Å²) in [6, 6.07) is 7.47. The highest BCUT2D eigenvalue weighted by Gasteiger charge is 2.44. The van der Waals surface area contributed by atoms with Crippen molar-refractivity contribution in [3.05, 3.63) is 41.1 Å². The van der Waals surface area contributed by atoms with E-state index in [1.807, 2.05) is 24.3 Å². The molecule has 8 heteroatoms. The van der Waals surface area contributed by atoms with Crippen molar-refractivity contribution in [2.45, 2.75) is 30.5 Å². The Morgan fingerprint density at radius 2 is 1.81 bits per heavy atom. The molecule has 0 atom stereocenters. The zero-order valence-corrected chi connectivity index (χ0v) is 14.6. The van der Waals surface area contributed by atoms with Crippen molar-refractivity contribution in [2.24, 2.45) is 5.73 Å². The van der Waals surface area contributed by atoms with E-state index in [0.717, 1.165) is 11.1 Å². The largest absolute Gasteiger partial charge is 0.377 e. The first-order valence-electron chi connectivity index (χ1n) is 9.01. The SMILES string of the molecule is NC1(c2ccc(-c3nc(N4CC(F)C4)nc4c3CCC4(F)F)cc2)COC1. The Bertz CT molecular complexity index is 893. The van der Waals surface area contributed by atoms with Crippen LogP contribution in [-0.4, -0.2) is 42.4 Å². The lowest BCUT2D eigenvalue weighted by molar-refractivity contribution is -0.0569. The minimum atomic E-state index is -2.98. The number of alkyl halides is 3. The molecular formula is C19H19F3N4O. The molecule has 2 aliphatic heterocycles. The van der Waals surface area contributed by atoms with Gasteiger partial charge in [-0.15, -0.1) is 0 Å².